The zero-order valence-corrected chi connectivity index (χ0v) is 13.4. The van der Waals surface area contributed by atoms with Crippen molar-refractivity contribution in [1.82, 2.24) is 14.8 Å². The van der Waals surface area contributed by atoms with Gasteiger partial charge in [-0.1, -0.05) is 18.2 Å². The molecule has 6 nitrogen and oxygen atoms in total. The molecular formula is C18H18N4O2. The molecule has 0 atom stereocenters. The molecule has 0 saturated carbocycles. The number of pyridine rings is 1. The standard InChI is InChI=1S/C18H18N4O2/c1-2-22-18-14(10-21-22)9-15(11-20-18)19-7-3-4-13-5-6-16-17(8-13)24-12-23-16/h3-6,8-11,19H,2,7,12H2,1H3/b4-3+. The molecule has 0 spiro atoms. The van der Waals surface area contributed by atoms with Crippen LogP contribution in [-0.2, 0) is 6.54 Å². The molecule has 24 heavy (non-hydrogen) atoms. The van der Waals surface area contributed by atoms with Gasteiger partial charge < -0.3 is 14.8 Å². The largest absolute Gasteiger partial charge is 0.454 e. The zero-order valence-electron chi connectivity index (χ0n) is 13.4. The number of ether oxygens (including phenoxy) is 2. The summed E-state index contributed by atoms with van der Waals surface area (Å²) in [6, 6.07) is 7.98. The predicted octanol–water partition coefficient (Wildman–Crippen LogP) is 3.31. The Morgan fingerprint density at radius 2 is 2.12 bits per heavy atom. The Morgan fingerprint density at radius 3 is 3.04 bits per heavy atom. The highest BCUT2D eigenvalue weighted by Crippen LogP contribution is 2.32. The average molecular weight is 322 g/mol. The molecule has 3 heterocycles. The summed E-state index contributed by atoms with van der Waals surface area (Å²) in [5.74, 6) is 1.60. The van der Waals surface area contributed by atoms with Gasteiger partial charge >= 0.3 is 0 Å². The summed E-state index contributed by atoms with van der Waals surface area (Å²) in [5, 5.41) is 8.70. The lowest BCUT2D eigenvalue weighted by atomic mass is 10.2. The molecule has 0 aliphatic carbocycles. The number of nitrogens with zero attached hydrogens (tertiary/aromatic N) is 3. The van der Waals surface area contributed by atoms with Crippen LogP contribution in [-0.4, -0.2) is 28.1 Å². The molecule has 6 heteroatoms. The Balaban J connectivity index is 1.40. The van der Waals surface area contributed by atoms with Gasteiger partial charge in [0.05, 0.1) is 18.1 Å². The maximum atomic E-state index is 5.38. The van der Waals surface area contributed by atoms with Crippen LogP contribution in [0.2, 0.25) is 0 Å². The van der Waals surface area contributed by atoms with Crippen molar-refractivity contribution in [3.63, 3.8) is 0 Å². The number of hydrogen-bond donors (Lipinski definition) is 1. The van der Waals surface area contributed by atoms with Crippen LogP contribution in [0.25, 0.3) is 17.1 Å². The van der Waals surface area contributed by atoms with Gasteiger partial charge in [-0.15, -0.1) is 0 Å². The summed E-state index contributed by atoms with van der Waals surface area (Å²) in [7, 11) is 0. The molecule has 1 aliphatic rings. The third-order valence-electron chi connectivity index (χ3n) is 3.91. The molecule has 0 bridgehead atoms. The van der Waals surface area contributed by atoms with Gasteiger partial charge in [0.15, 0.2) is 17.1 Å². The minimum Gasteiger partial charge on any atom is -0.454 e. The molecule has 0 saturated heterocycles. The van der Waals surface area contributed by atoms with E-state index in [9.17, 15) is 0 Å². The van der Waals surface area contributed by atoms with E-state index in [-0.39, 0.29) is 0 Å². The highest BCUT2D eigenvalue weighted by Gasteiger charge is 2.12. The van der Waals surface area contributed by atoms with E-state index in [2.05, 4.69) is 40.5 Å². The third-order valence-corrected chi connectivity index (χ3v) is 3.91. The molecule has 1 aliphatic heterocycles. The summed E-state index contributed by atoms with van der Waals surface area (Å²) in [6.07, 6.45) is 7.80. The van der Waals surface area contributed by atoms with Gasteiger partial charge in [-0.05, 0) is 30.7 Å². The van der Waals surface area contributed by atoms with Gasteiger partial charge in [-0.2, -0.15) is 5.10 Å². The van der Waals surface area contributed by atoms with Crippen molar-refractivity contribution in [2.45, 2.75) is 13.5 Å². The van der Waals surface area contributed by atoms with E-state index in [1.165, 1.54) is 0 Å². The fraction of sp³-hybridized carbons (Fsp3) is 0.222. The van der Waals surface area contributed by atoms with E-state index in [1.54, 1.807) is 0 Å². The van der Waals surface area contributed by atoms with Crippen molar-refractivity contribution in [2.75, 3.05) is 18.7 Å². The topological polar surface area (TPSA) is 61.2 Å². The van der Waals surface area contributed by atoms with Crippen molar-refractivity contribution in [1.29, 1.82) is 0 Å². The second-order valence-electron chi connectivity index (χ2n) is 5.49. The van der Waals surface area contributed by atoms with E-state index < -0.39 is 0 Å². The normalized spacial score (nSPS) is 13.0. The Bertz CT molecular complexity index is 901. The summed E-state index contributed by atoms with van der Waals surface area (Å²) >= 11 is 0. The lowest BCUT2D eigenvalue weighted by molar-refractivity contribution is 0.174. The Kier molecular flexibility index (Phi) is 3.78. The van der Waals surface area contributed by atoms with E-state index in [0.717, 1.165) is 40.3 Å². The molecule has 0 radical (unpaired) electrons. The lowest BCUT2D eigenvalue weighted by Gasteiger charge is -2.03. The highest BCUT2D eigenvalue weighted by atomic mass is 16.7. The number of fused-ring (bicyclic) bond motifs is 2. The first-order chi connectivity index (χ1) is 11.8. The monoisotopic (exact) mass is 322 g/mol. The maximum absolute atomic E-state index is 5.38. The van der Waals surface area contributed by atoms with Crippen LogP contribution in [0.3, 0.4) is 0 Å². The Hall–Kier alpha value is -3.02. The Morgan fingerprint density at radius 1 is 1.21 bits per heavy atom. The van der Waals surface area contributed by atoms with Crippen LogP contribution < -0.4 is 14.8 Å². The van der Waals surface area contributed by atoms with Crippen LogP contribution in [0.5, 0.6) is 11.5 Å². The van der Waals surface area contributed by atoms with E-state index in [1.807, 2.05) is 35.3 Å². The first kappa shape index (κ1) is 14.6. The van der Waals surface area contributed by atoms with Gasteiger partial charge in [0.2, 0.25) is 6.79 Å². The molecule has 4 rings (SSSR count). The molecule has 0 amide bonds. The Labute approximate surface area is 139 Å². The molecule has 1 N–H and O–H groups in total. The molecule has 3 aromatic rings. The second-order valence-corrected chi connectivity index (χ2v) is 5.49. The average Bonchev–Trinajstić information content (AvgIpc) is 3.24. The smallest absolute Gasteiger partial charge is 0.231 e. The molecular weight excluding hydrogens is 304 g/mol. The summed E-state index contributed by atoms with van der Waals surface area (Å²) in [5.41, 5.74) is 2.98. The number of nitrogens with one attached hydrogen (secondary N) is 1. The van der Waals surface area contributed by atoms with Gasteiger partial charge in [0.25, 0.3) is 0 Å². The number of rotatable bonds is 5. The molecule has 122 valence electrons. The number of aromatic nitrogens is 3. The van der Waals surface area contributed by atoms with Crippen molar-refractivity contribution in [2.24, 2.45) is 0 Å². The van der Waals surface area contributed by atoms with Crippen LogP contribution in [0.4, 0.5) is 5.69 Å². The highest BCUT2D eigenvalue weighted by molar-refractivity contribution is 5.78. The minimum absolute atomic E-state index is 0.300. The van der Waals surface area contributed by atoms with Gasteiger partial charge in [-0.3, -0.25) is 0 Å². The van der Waals surface area contributed by atoms with Crippen molar-refractivity contribution >= 4 is 22.8 Å². The fourth-order valence-corrected chi connectivity index (χ4v) is 2.69. The fourth-order valence-electron chi connectivity index (χ4n) is 2.69. The van der Waals surface area contributed by atoms with Crippen molar-refractivity contribution in [3.8, 4) is 11.5 Å². The number of hydrogen-bond acceptors (Lipinski definition) is 5. The summed E-state index contributed by atoms with van der Waals surface area (Å²) in [6.45, 7) is 3.89. The third kappa shape index (κ3) is 2.78. The second kappa shape index (κ2) is 6.23. The van der Waals surface area contributed by atoms with Crippen LogP contribution >= 0.6 is 0 Å². The molecule has 0 unspecified atom stereocenters. The zero-order chi connectivity index (χ0) is 16.4. The van der Waals surface area contributed by atoms with Crippen LogP contribution in [0.1, 0.15) is 12.5 Å². The number of benzene rings is 1. The first-order valence-electron chi connectivity index (χ1n) is 7.95. The van der Waals surface area contributed by atoms with Crippen molar-refractivity contribution in [3.05, 3.63) is 48.3 Å². The maximum Gasteiger partial charge on any atom is 0.231 e. The summed E-state index contributed by atoms with van der Waals surface area (Å²) in [4.78, 5) is 4.47. The van der Waals surface area contributed by atoms with E-state index in [0.29, 0.717) is 13.3 Å². The summed E-state index contributed by atoms with van der Waals surface area (Å²) < 4.78 is 12.6. The number of aryl methyl sites for hydroxylation is 1. The molecule has 0 fully saturated rings. The molecule has 2 aromatic heterocycles. The van der Waals surface area contributed by atoms with Crippen LogP contribution in [0, 0.1) is 0 Å². The van der Waals surface area contributed by atoms with Gasteiger partial charge in [0, 0.05) is 18.5 Å². The van der Waals surface area contributed by atoms with Crippen molar-refractivity contribution < 1.29 is 9.47 Å². The van der Waals surface area contributed by atoms with E-state index >= 15 is 0 Å². The number of anilines is 1. The van der Waals surface area contributed by atoms with Crippen LogP contribution in [0.15, 0.2) is 42.7 Å². The van der Waals surface area contributed by atoms with Gasteiger partial charge in [-0.25, -0.2) is 9.67 Å². The van der Waals surface area contributed by atoms with E-state index in [4.69, 9.17) is 9.47 Å². The quantitative estimate of drug-likeness (QED) is 0.781. The first-order valence-corrected chi connectivity index (χ1v) is 7.95. The lowest BCUT2D eigenvalue weighted by Crippen LogP contribution is -2.00. The minimum atomic E-state index is 0.300. The van der Waals surface area contributed by atoms with Gasteiger partial charge in [0.1, 0.15) is 0 Å². The SMILES string of the molecule is CCn1ncc2cc(NC/C=C/c3ccc4c(c3)OCO4)cnc21. The predicted molar refractivity (Wildman–Crippen MR) is 93.3 cm³/mol. The molecule has 1 aromatic carbocycles.